The smallest absolute Gasteiger partial charge is 0.353 e. The van der Waals surface area contributed by atoms with Crippen LogP contribution in [0.2, 0.25) is 5.28 Å². The lowest BCUT2D eigenvalue weighted by Gasteiger charge is -2.44. The van der Waals surface area contributed by atoms with Crippen LogP contribution in [0.5, 0.6) is 0 Å². The Morgan fingerprint density at radius 2 is 1.81 bits per heavy atom. The van der Waals surface area contributed by atoms with Crippen LogP contribution in [-0.2, 0) is 6.18 Å². The van der Waals surface area contributed by atoms with Crippen molar-refractivity contribution in [2.75, 3.05) is 11.4 Å². The zero-order chi connectivity index (χ0) is 15.0. The van der Waals surface area contributed by atoms with E-state index in [1.165, 1.54) is 6.42 Å². The molecule has 116 valence electrons. The molecule has 21 heavy (non-hydrogen) atoms. The van der Waals surface area contributed by atoms with Crippen LogP contribution in [0, 0.1) is 5.92 Å². The fourth-order valence-corrected chi connectivity index (χ4v) is 3.78. The number of aromatic nitrogens is 2. The number of rotatable bonds is 1. The van der Waals surface area contributed by atoms with Crippen molar-refractivity contribution in [3.8, 4) is 0 Å². The molecule has 2 atom stereocenters. The SMILES string of the molecule is FC(F)(F)c1cc(N2CCC[C@H]3CCCC[C@H]32)nc(Cl)n1. The second-order valence-corrected chi connectivity index (χ2v) is 6.16. The molecule has 1 aliphatic carbocycles. The molecule has 0 aromatic carbocycles. The lowest BCUT2D eigenvalue weighted by Crippen LogP contribution is -2.47. The van der Waals surface area contributed by atoms with E-state index in [-0.39, 0.29) is 5.28 Å². The first-order chi connectivity index (χ1) is 9.95. The highest BCUT2D eigenvalue weighted by Crippen LogP contribution is 2.38. The molecule has 0 radical (unpaired) electrons. The molecular weight excluding hydrogens is 303 g/mol. The van der Waals surface area contributed by atoms with E-state index in [0.29, 0.717) is 17.8 Å². The fourth-order valence-electron chi connectivity index (χ4n) is 3.61. The number of hydrogen-bond acceptors (Lipinski definition) is 3. The zero-order valence-corrected chi connectivity index (χ0v) is 12.3. The Labute approximate surface area is 126 Å². The molecule has 1 saturated heterocycles. The quantitative estimate of drug-likeness (QED) is 0.722. The van der Waals surface area contributed by atoms with Crippen LogP contribution in [0.15, 0.2) is 6.07 Å². The van der Waals surface area contributed by atoms with E-state index in [1.807, 2.05) is 4.90 Å². The average molecular weight is 320 g/mol. The number of nitrogens with zero attached hydrogens (tertiary/aromatic N) is 3. The fraction of sp³-hybridized carbons (Fsp3) is 0.714. The van der Waals surface area contributed by atoms with Crippen molar-refractivity contribution in [1.29, 1.82) is 0 Å². The molecule has 0 unspecified atom stereocenters. The third-order valence-corrected chi connectivity index (χ3v) is 4.68. The van der Waals surface area contributed by atoms with Crippen LogP contribution in [-0.4, -0.2) is 22.6 Å². The molecule has 1 saturated carbocycles. The molecule has 3 rings (SSSR count). The van der Waals surface area contributed by atoms with Crippen LogP contribution in [0.25, 0.3) is 0 Å². The van der Waals surface area contributed by atoms with Gasteiger partial charge in [-0.15, -0.1) is 0 Å². The van der Waals surface area contributed by atoms with E-state index in [9.17, 15) is 13.2 Å². The van der Waals surface area contributed by atoms with Gasteiger partial charge in [-0.25, -0.2) is 9.97 Å². The highest BCUT2D eigenvalue weighted by molar-refractivity contribution is 6.28. The topological polar surface area (TPSA) is 29.0 Å². The number of hydrogen-bond donors (Lipinski definition) is 0. The highest BCUT2D eigenvalue weighted by atomic mass is 35.5. The van der Waals surface area contributed by atoms with Crippen molar-refractivity contribution < 1.29 is 13.2 Å². The molecule has 3 nitrogen and oxygen atoms in total. The van der Waals surface area contributed by atoms with Gasteiger partial charge in [0.25, 0.3) is 0 Å². The van der Waals surface area contributed by atoms with Gasteiger partial charge in [-0.2, -0.15) is 13.2 Å². The van der Waals surface area contributed by atoms with Crippen molar-refractivity contribution in [3.63, 3.8) is 0 Å². The van der Waals surface area contributed by atoms with Gasteiger partial charge in [0.15, 0.2) is 5.69 Å². The molecule has 0 spiro atoms. The van der Waals surface area contributed by atoms with Crippen molar-refractivity contribution in [3.05, 3.63) is 17.0 Å². The van der Waals surface area contributed by atoms with E-state index in [2.05, 4.69) is 9.97 Å². The van der Waals surface area contributed by atoms with Gasteiger partial charge in [0, 0.05) is 18.7 Å². The Bertz CT molecular complexity index is 519. The summed E-state index contributed by atoms with van der Waals surface area (Å²) in [6.45, 7) is 0.742. The van der Waals surface area contributed by atoms with Crippen molar-refractivity contribution in [1.82, 2.24) is 9.97 Å². The second-order valence-electron chi connectivity index (χ2n) is 5.83. The summed E-state index contributed by atoms with van der Waals surface area (Å²) in [5.74, 6) is 0.884. The third kappa shape index (κ3) is 3.10. The first-order valence-electron chi connectivity index (χ1n) is 7.33. The highest BCUT2D eigenvalue weighted by Gasteiger charge is 2.37. The van der Waals surface area contributed by atoms with E-state index in [0.717, 1.165) is 44.7 Å². The Kier molecular flexibility index (Phi) is 3.99. The summed E-state index contributed by atoms with van der Waals surface area (Å²) < 4.78 is 38.6. The predicted octanol–water partition coefficient (Wildman–Crippen LogP) is 4.31. The van der Waals surface area contributed by atoms with Crippen LogP contribution in [0.1, 0.15) is 44.2 Å². The number of alkyl halides is 3. The number of piperidine rings is 1. The summed E-state index contributed by atoms with van der Waals surface area (Å²) in [6.07, 6.45) is 2.18. The van der Waals surface area contributed by atoms with Crippen LogP contribution < -0.4 is 4.90 Å². The third-order valence-electron chi connectivity index (χ3n) is 4.51. The molecule has 2 heterocycles. The maximum atomic E-state index is 12.9. The van der Waals surface area contributed by atoms with Gasteiger partial charge in [-0.3, -0.25) is 0 Å². The monoisotopic (exact) mass is 319 g/mol. The van der Waals surface area contributed by atoms with Gasteiger partial charge in [0.05, 0.1) is 0 Å². The summed E-state index contributed by atoms with van der Waals surface area (Å²) in [6, 6.07) is 1.32. The standard InChI is InChI=1S/C14H17ClF3N3/c15-13-19-11(14(16,17)18)8-12(20-13)21-7-3-5-9-4-1-2-6-10(9)21/h8-10H,1-7H2/t9-,10-/m1/s1. The average Bonchev–Trinajstić information content (AvgIpc) is 2.45. The van der Waals surface area contributed by atoms with Gasteiger partial charge in [-0.1, -0.05) is 12.8 Å². The Balaban J connectivity index is 1.93. The number of anilines is 1. The largest absolute Gasteiger partial charge is 0.433 e. The van der Waals surface area contributed by atoms with Crippen LogP contribution >= 0.6 is 11.6 Å². The molecule has 0 bridgehead atoms. The normalized spacial score (nSPS) is 26.6. The summed E-state index contributed by atoms with van der Waals surface area (Å²) >= 11 is 5.70. The van der Waals surface area contributed by atoms with Gasteiger partial charge < -0.3 is 4.90 Å². The first kappa shape index (κ1) is 14.9. The van der Waals surface area contributed by atoms with Crippen molar-refractivity contribution >= 4 is 17.4 Å². The van der Waals surface area contributed by atoms with Crippen molar-refractivity contribution in [2.24, 2.45) is 5.92 Å². The minimum absolute atomic E-state index is 0.291. The van der Waals surface area contributed by atoms with Crippen LogP contribution in [0.4, 0.5) is 19.0 Å². The van der Waals surface area contributed by atoms with Crippen LogP contribution in [0.3, 0.4) is 0 Å². The molecule has 1 aromatic heterocycles. The molecule has 0 N–H and O–H groups in total. The first-order valence-corrected chi connectivity index (χ1v) is 7.71. The molecule has 1 aliphatic heterocycles. The Morgan fingerprint density at radius 3 is 2.57 bits per heavy atom. The number of halogens is 4. The van der Waals surface area contributed by atoms with E-state index >= 15 is 0 Å². The maximum absolute atomic E-state index is 12.9. The summed E-state index contributed by atoms with van der Waals surface area (Å²) in [5, 5.41) is -0.335. The van der Waals surface area contributed by atoms with Gasteiger partial charge in [0.2, 0.25) is 5.28 Å². The summed E-state index contributed by atoms with van der Waals surface area (Å²) in [5.41, 5.74) is -0.963. The second kappa shape index (κ2) is 5.63. The molecule has 2 aliphatic rings. The lowest BCUT2D eigenvalue weighted by atomic mass is 9.78. The Hall–Kier alpha value is -1.04. The molecule has 7 heteroatoms. The van der Waals surface area contributed by atoms with Gasteiger partial charge in [0.1, 0.15) is 5.82 Å². The maximum Gasteiger partial charge on any atom is 0.433 e. The molecule has 0 amide bonds. The summed E-state index contributed by atoms with van der Waals surface area (Å²) in [4.78, 5) is 9.36. The minimum atomic E-state index is -4.50. The lowest BCUT2D eigenvalue weighted by molar-refractivity contribution is -0.141. The van der Waals surface area contributed by atoms with E-state index < -0.39 is 11.9 Å². The summed E-state index contributed by atoms with van der Waals surface area (Å²) in [7, 11) is 0. The van der Waals surface area contributed by atoms with Gasteiger partial charge in [-0.05, 0) is 43.2 Å². The van der Waals surface area contributed by atoms with E-state index in [4.69, 9.17) is 11.6 Å². The molecule has 1 aromatic rings. The molecule has 2 fully saturated rings. The Morgan fingerprint density at radius 1 is 1.10 bits per heavy atom. The minimum Gasteiger partial charge on any atom is -0.353 e. The van der Waals surface area contributed by atoms with Gasteiger partial charge >= 0.3 is 6.18 Å². The zero-order valence-electron chi connectivity index (χ0n) is 11.5. The van der Waals surface area contributed by atoms with E-state index in [1.54, 1.807) is 0 Å². The molecular formula is C14H17ClF3N3. The predicted molar refractivity (Wildman–Crippen MR) is 74.4 cm³/mol. The van der Waals surface area contributed by atoms with Crippen molar-refractivity contribution in [2.45, 2.75) is 50.7 Å². The number of fused-ring (bicyclic) bond motifs is 1.